The van der Waals surface area contributed by atoms with Crippen molar-refractivity contribution in [1.29, 1.82) is 0 Å². The molecule has 0 N–H and O–H groups in total. The molecule has 16 heavy (non-hydrogen) atoms. The lowest BCUT2D eigenvalue weighted by atomic mass is 10.2. The Bertz CT molecular complexity index is 657. The molecule has 0 saturated heterocycles. The summed E-state index contributed by atoms with van der Waals surface area (Å²) in [6, 6.07) is 0.0853. The monoisotopic (exact) mass is 217 g/mol. The van der Waals surface area contributed by atoms with Gasteiger partial charge in [-0.05, 0) is 12.8 Å². The van der Waals surface area contributed by atoms with Crippen molar-refractivity contribution in [3.05, 3.63) is 35.2 Å². The number of rotatable bonds is 1. The van der Waals surface area contributed by atoms with Gasteiger partial charge in [-0.3, -0.25) is 4.79 Å². The van der Waals surface area contributed by atoms with E-state index in [2.05, 4.69) is 9.97 Å². The molecule has 0 radical (unpaired) electrons. The second-order valence-electron chi connectivity index (χ2n) is 3.91. The molecule has 2 atom stereocenters. The number of hydrogen-bond donors (Lipinski definition) is 0. The van der Waals surface area contributed by atoms with E-state index in [4.69, 9.17) is 1.37 Å². The van der Waals surface area contributed by atoms with E-state index in [9.17, 15) is 4.79 Å². The summed E-state index contributed by atoms with van der Waals surface area (Å²) in [5.74, 6) is 0. The Balaban J connectivity index is 2.17. The second kappa shape index (κ2) is 3.30. The number of imidazole rings is 1. The van der Waals surface area contributed by atoms with Crippen LogP contribution < -0.4 is 5.56 Å². The summed E-state index contributed by atoms with van der Waals surface area (Å²) in [7, 11) is 1.66. The van der Waals surface area contributed by atoms with E-state index < -0.39 is 0 Å². The topological polar surface area (TPSA) is 52.7 Å². The maximum absolute atomic E-state index is 11.8. The lowest BCUT2D eigenvalue weighted by molar-refractivity contribution is 0.601. The number of aryl methyl sites for hydroxylation is 1. The third-order valence-corrected chi connectivity index (χ3v) is 2.85. The Hall–Kier alpha value is -1.91. The molecule has 2 heterocycles. The van der Waals surface area contributed by atoms with Crippen LogP contribution in [0.3, 0.4) is 0 Å². The van der Waals surface area contributed by atoms with Crippen LogP contribution in [-0.4, -0.2) is 19.1 Å². The highest BCUT2D eigenvalue weighted by molar-refractivity contribution is 5.69. The summed E-state index contributed by atoms with van der Waals surface area (Å²) in [5.41, 5.74) is 0.840. The van der Waals surface area contributed by atoms with Gasteiger partial charge >= 0.3 is 0 Å². The number of fused-ring (bicyclic) bond motifs is 1. The summed E-state index contributed by atoms with van der Waals surface area (Å²) in [4.78, 5) is 20.2. The van der Waals surface area contributed by atoms with Gasteiger partial charge in [-0.25, -0.2) is 9.97 Å². The molecule has 5 nitrogen and oxygen atoms in total. The minimum atomic E-state index is -0.177. The summed E-state index contributed by atoms with van der Waals surface area (Å²) >= 11 is 0. The van der Waals surface area contributed by atoms with Crippen LogP contribution >= 0.6 is 0 Å². The fraction of sp³-hybridized carbons (Fsp3) is 0.364. The first-order valence-corrected chi connectivity index (χ1v) is 5.15. The van der Waals surface area contributed by atoms with E-state index >= 15 is 0 Å². The standard InChI is InChI=1S/C11H12N4O/c1-14-6-13-10-9(11(14)16)12-7-15(10)8-4-2-3-5-8/h2,4,6-8H,3,5H2,1H3/t8-/m0/s1/i3D/t3-,8+/m1. The first kappa shape index (κ1) is 8.27. The fourth-order valence-corrected chi connectivity index (χ4v) is 1.95. The zero-order valence-corrected chi connectivity index (χ0v) is 8.87. The van der Waals surface area contributed by atoms with Gasteiger partial charge in [0.2, 0.25) is 0 Å². The van der Waals surface area contributed by atoms with Gasteiger partial charge in [0.05, 0.1) is 18.7 Å². The van der Waals surface area contributed by atoms with Crippen LogP contribution in [0.2, 0.25) is 0 Å². The van der Waals surface area contributed by atoms with Crippen molar-refractivity contribution >= 4 is 11.2 Å². The van der Waals surface area contributed by atoms with Gasteiger partial charge in [-0.1, -0.05) is 12.2 Å². The van der Waals surface area contributed by atoms with Crippen molar-refractivity contribution < 1.29 is 1.37 Å². The van der Waals surface area contributed by atoms with Gasteiger partial charge in [0.1, 0.15) is 0 Å². The minimum Gasteiger partial charge on any atom is -0.308 e. The largest absolute Gasteiger partial charge is 0.308 e. The molecular weight excluding hydrogens is 204 g/mol. The van der Waals surface area contributed by atoms with Gasteiger partial charge in [0, 0.05) is 8.42 Å². The van der Waals surface area contributed by atoms with E-state index in [1.165, 1.54) is 10.9 Å². The number of aromatic nitrogens is 4. The van der Waals surface area contributed by atoms with Crippen LogP contribution in [0.1, 0.15) is 20.2 Å². The molecule has 3 rings (SSSR count). The molecule has 0 aliphatic heterocycles. The van der Waals surface area contributed by atoms with E-state index in [0.29, 0.717) is 17.6 Å². The van der Waals surface area contributed by atoms with Crippen LogP contribution in [0, 0.1) is 0 Å². The average molecular weight is 217 g/mol. The summed E-state index contributed by atoms with van der Waals surface area (Å²) in [6.45, 7) is 0. The molecule has 0 bridgehead atoms. The van der Waals surface area contributed by atoms with E-state index in [1.54, 1.807) is 13.4 Å². The summed E-state index contributed by atoms with van der Waals surface area (Å²) in [5, 5.41) is 0. The third kappa shape index (κ3) is 1.21. The molecule has 0 spiro atoms. The Kier molecular flexibility index (Phi) is 1.70. The number of nitrogens with zero attached hydrogens (tertiary/aromatic N) is 4. The first-order chi connectivity index (χ1) is 8.16. The molecule has 0 saturated carbocycles. The fourth-order valence-electron chi connectivity index (χ4n) is 1.95. The number of allylic oxidation sites excluding steroid dienone is 2. The first-order valence-electron chi connectivity index (χ1n) is 5.73. The molecule has 82 valence electrons. The molecule has 1 aliphatic rings. The smallest absolute Gasteiger partial charge is 0.281 e. The molecule has 1 aliphatic carbocycles. The molecule has 0 amide bonds. The maximum atomic E-state index is 11.8. The van der Waals surface area contributed by atoms with E-state index in [0.717, 1.165) is 0 Å². The van der Waals surface area contributed by atoms with Gasteiger partial charge in [-0.2, -0.15) is 0 Å². The molecule has 0 aromatic carbocycles. The van der Waals surface area contributed by atoms with Crippen molar-refractivity contribution in [1.82, 2.24) is 19.1 Å². The predicted octanol–water partition coefficient (Wildman–Crippen LogP) is 1.02. The molecular formula is C11H12N4O. The van der Waals surface area contributed by atoms with Crippen LogP contribution in [0.5, 0.6) is 0 Å². The lowest BCUT2D eigenvalue weighted by Crippen LogP contribution is -2.17. The van der Waals surface area contributed by atoms with Crippen LogP contribution in [0.4, 0.5) is 0 Å². The minimum absolute atomic E-state index is 0.0853. The summed E-state index contributed by atoms with van der Waals surface area (Å²) in [6.07, 6.45) is 7.49. The quantitative estimate of drug-likeness (QED) is 0.670. The Morgan fingerprint density at radius 3 is 3.12 bits per heavy atom. The van der Waals surface area contributed by atoms with E-state index in [1.807, 2.05) is 16.7 Å². The Morgan fingerprint density at radius 2 is 2.38 bits per heavy atom. The predicted molar refractivity (Wildman–Crippen MR) is 60.2 cm³/mol. The zero-order chi connectivity index (χ0) is 12.0. The normalized spacial score (nSPS) is 25.2. The molecule has 0 fully saturated rings. The molecule has 2 aromatic heterocycles. The van der Waals surface area contributed by atoms with Crippen LogP contribution in [0.25, 0.3) is 11.2 Å². The van der Waals surface area contributed by atoms with Gasteiger partial charge < -0.3 is 9.13 Å². The molecule has 5 heteroatoms. The van der Waals surface area contributed by atoms with Crippen molar-refractivity contribution in [2.75, 3.05) is 0 Å². The highest BCUT2D eigenvalue weighted by Crippen LogP contribution is 2.24. The highest BCUT2D eigenvalue weighted by atomic mass is 16.1. The highest BCUT2D eigenvalue weighted by Gasteiger charge is 2.16. The van der Waals surface area contributed by atoms with Crippen molar-refractivity contribution in [3.63, 3.8) is 0 Å². The van der Waals surface area contributed by atoms with Gasteiger partial charge in [0.25, 0.3) is 5.56 Å². The average Bonchev–Trinajstić information content (AvgIpc) is 2.89. The second-order valence-corrected chi connectivity index (χ2v) is 3.91. The van der Waals surface area contributed by atoms with Gasteiger partial charge in [-0.15, -0.1) is 0 Å². The van der Waals surface area contributed by atoms with Crippen molar-refractivity contribution in [2.45, 2.75) is 18.9 Å². The third-order valence-electron chi connectivity index (χ3n) is 2.85. The Labute approximate surface area is 93.5 Å². The summed E-state index contributed by atoms with van der Waals surface area (Å²) < 4.78 is 10.9. The van der Waals surface area contributed by atoms with Crippen molar-refractivity contribution in [3.8, 4) is 0 Å². The van der Waals surface area contributed by atoms with E-state index in [-0.39, 0.29) is 18.0 Å². The lowest BCUT2D eigenvalue weighted by Gasteiger charge is -2.09. The van der Waals surface area contributed by atoms with Gasteiger partial charge in [0.15, 0.2) is 11.2 Å². The zero-order valence-electron chi connectivity index (χ0n) is 9.87. The SMILES string of the molecule is [2H][C@@H]1C=C[C@H](n2cnc3c(=O)n(C)cnc32)C1. The Morgan fingerprint density at radius 1 is 1.50 bits per heavy atom. The van der Waals surface area contributed by atoms with Crippen LogP contribution in [-0.2, 0) is 7.05 Å². The molecule has 0 unspecified atom stereocenters. The van der Waals surface area contributed by atoms with Crippen LogP contribution in [0.15, 0.2) is 29.6 Å². The maximum Gasteiger partial charge on any atom is 0.281 e. The number of hydrogen-bond acceptors (Lipinski definition) is 3. The molecule has 2 aromatic rings. The van der Waals surface area contributed by atoms with Crippen molar-refractivity contribution in [2.24, 2.45) is 7.05 Å².